The molecule has 1 N–H and O–H groups in total. The number of pyridine rings is 1. The number of carboxylic acids is 1. The van der Waals surface area contributed by atoms with Gasteiger partial charge in [-0.05, 0) is 13.0 Å². The van der Waals surface area contributed by atoms with Crippen LogP contribution in [0.5, 0.6) is 0 Å². The fourth-order valence-electron chi connectivity index (χ4n) is 0.878. The molecule has 0 amide bonds. The number of carboxylic acid groups (broad SMARTS) is 1. The topological polar surface area (TPSA) is 74.0 Å². The molecule has 0 atom stereocenters. The van der Waals surface area contributed by atoms with Gasteiger partial charge in [0.15, 0.2) is 0 Å². The van der Waals surface area contributed by atoms with Crippen LogP contribution in [0.25, 0.3) is 0 Å². The van der Waals surface area contributed by atoms with Crippen LogP contribution in [0, 0.1) is 18.3 Å². The number of hydrogen-bond acceptors (Lipinski definition) is 4. The van der Waals surface area contributed by atoms with E-state index in [1.807, 2.05) is 6.07 Å². The summed E-state index contributed by atoms with van der Waals surface area (Å²) in [7, 11) is 0. The van der Waals surface area contributed by atoms with E-state index < -0.39 is 5.97 Å². The molecule has 1 heterocycles. The van der Waals surface area contributed by atoms with Gasteiger partial charge >= 0.3 is 5.97 Å². The molecule has 0 fully saturated rings. The normalized spacial score (nSPS) is 9.43. The van der Waals surface area contributed by atoms with Gasteiger partial charge in [-0.15, -0.1) is 11.8 Å². The summed E-state index contributed by atoms with van der Waals surface area (Å²) in [5, 5.41) is 17.2. The van der Waals surface area contributed by atoms with Gasteiger partial charge in [-0.1, -0.05) is 0 Å². The van der Waals surface area contributed by atoms with E-state index in [9.17, 15) is 4.79 Å². The summed E-state index contributed by atoms with van der Waals surface area (Å²) < 4.78 is 0. The van der Waals surface area contributed by atoms with Crippen molar-refractivity contribution in [2.45, 2.75) is 11.8 Å². The zero-order chi connectivity index (χ0) is 10.6. The second kappa shape index (κ2) is 4.63. The number of aliphatic carboxylic acids is 1. The van der Waals surface area contributed by atoms with Gasteiger partial charge in [0.05, 0.1) is 11.3 Å². The first-order valence-electron chi connectivity index (χ1n) is 3.85. The molecule has 0 aliphatic carbocycles. The first kappa shape index (κ1) is 10.5. The van der Waals surface area contributed by atoms with Gasteiger partial charge in [0.25, 0.3) is 0 Å². The quantitative estimate of drug-likeness (QED) is 0.761. The Morgan fingerprint density at radius 2 is 2.50 bits per heavy atom. The van der Waals surface area contributed by atoms with E-state index in [1.54, 1.807) is 13.0 Å². The first-order valence-corrected chi connectivity index (χ1v) is 4.83. The maximum atomic E-state index is 10.3. The molecule has 0 saturated heterocycles. The van der Waals surface area contributed by atoms with E-state index >= 15 is 0 Å². The van der Waals surface area contributed by atoms with Crippen molar-refractivity contribution < 1.29 is 9.90 Å². The number of nitrogens with zero attached hydrogens (tertiary/aromatic N) is 2. The summed E-state index contributed by atoms with van der Waals surface area (Å²) in [6, 6.07) is 3.68. The molecule has 1 rings (SSSR count). The molecule has 0 radical (unpaired) electrons. The number of aryl methyl sites for hydroxylation is 1. The third-order valence-electron chi connectivity index (χ3n) is 1.47. The van der Waals surface area contributed by atoms with Crippen molar-refractivity contribution in [1.29, 1.82) is 5.26 Å². The van der Waals surface area contributed by atoms with Crippen LogP contribution in [-0.2, 0) is 4.79 Å². The van der Waals surface area contributed by atoms with E-state index in [4.69, 9.17) is 10.4 Å². The molecule has 0 unspecified atom stereocenters. The third kappa shape index (κ3) is 2.75. The van der Waals surface area contributed by atoms with Gasteiger partial charge in [0.2, 0.25) is 0 Å². The Morgan fingerprint density at radius 3 is 3.07 bits per heavy atom. The summed E-state index contributed by atoms with van der Waals surface area (Å²) in [5.41, 5.74) is 1.19. The van der Waals surface area contributed by atoms with E-state index in [1.165, 1.54) is 6.20 Å². The summed E-state index contributed by atoms with van der Waals surface area (Å²) in [4.78, 5) is 15.0. The molecule has 0 aromatic carbocycles. The van der Waals surface area contributed by atoms with Gasteiger partial charge in [-0.2, -0.15) is 5.26 Å². The average molecular weight is 208 g/mol. The molecule has 14 heavy (non-hydrogen) atoms. The van der Waals surface area contributed by atoms with Crippen LogP contribution in [0.1, 0.15) is 11.3 Å². The molecular formula is C9H8N2O2S. The van der Waals surface area contributed by atoms with Crippen molar-refractivity contribution in [2.24, 2.45) is 0 Å². The lowest BCUT2D eigenvalue weighted by molar-refractivity contribution is -0.133. The van der Waals surface area contributed by atoms with Crippen LogP contribution in [0.2, 0.25) is 0 Å². The molecular weight excluding hydrogens is 200 g/mol. The van der Waals surface area contributed by atoms with Gasteiger partial charge < -0.3 is 5.11 Å². The summed E-state index contributed by atoms with van der Waals surface area (Å²) in [6.45, 7) is 1.80. The van der Waals surface area contributed by atoms with Crippen LogP contribution in [0.15, 0.2) is 17.2 Å². The Labute approximate surface area is 85.6 Å². The Kier molecular flexibility index (Phi) is 3.48. The molecule has 0 aliphatic heterocycles. The minimum Gasteiger partial charge on any atom is -0.481 e. The minimum absolute atomic E-state index is 0.0435. The Balaban J connectivity index is 2.89. The number of carbonyl (C=O) groups is 1. The Bertz CT molecular complexity index is 398. The number of rotatable bonds is 3. The molecule has 0 bridgehead atoms. The number of thioether (sulfide) groups is 1. The maximum Gasteiger partial charge on any atom is 0.313 e. The standard InChI is InChI=1S/C9H8N2O2S/c1-6-2-8(14-5-9(12)13)7(3-10)4-11-6/h2,4H,5H2,1H3,(H,12,13). The molecule has 4 nitrogen and oxygen atoms in total. The summed E-state index contributed by atoms with van der Waals surface area (Å²) in [5.74, 6) is -0.939. The van der Waals surface area contributed by atoms with Crippen molar-refractivity contribution >= 4 is 17.7 Å². The molecule has 5 heteroatoms. The van der Waals surface area contributed by atoms with Crippen molar-refractivity contribution in [1.82, 2.24) is 4.98 Å². The summed E-state index contributed by atoms with van der Waals surface area (Å²) in [6.07, 6.45) is 1.46. The lowest BCUT2D eigenvalue weighted by Gasteiger charge is -2.01. The van der Waals surface area contributed by atoms with Gasteiger partial charge in [0, 0.05) is 16.8 Å². The molecule has 0 aliphatic rings. The third-order valence-corrected chi connectivity index (χ3v) is 2.51. The fraction of sp³-hybridized carbons (Fsp3) is 0.222. The molecule has 0 saturated carbocycles. The highest BCUT2D eigenvalue weighted by atomic mass is 32.2. The highest BCUT2D eigenvalue weighted by Crippen LogP contribution is 2.21. The Hall–Kier alpha value is -1.54. The Morgan fingerprint density at radius 1 is 1.79 bits per heavy atom. The zero-order valence-electron chi connectivity index (χ0n) is 7.52. The molecule has 72 valence electrons. The van der Waals surface area contributed by atoms with Crippen molar-refractivity contribution in [3.63, 3.8) is 0 Å². The lowest BCUT2D eigenvalue weighted by Crippen LogP contribution is -1.98. The molecule has 0 spiro atoms. The first-order chi connectivity index (χ1) is 6.63. The molecule has 1 aromatic rings. The number of aromatic nitrogens is 1. The van der Waals surface area contributed by atoms with Crippen LogP contribution in [0.3, 0.4) is 0 Å². The highest BCUT2D eigenvalue weighted by Gasteiger charge is 2.06. The van der Waals surface area contributed by atoms with Gasteiger partial charge in [0.1, 0.15) is 6.07 Å². The van der Waals surface area contributed by atoms with E-state index in [0.717, 1.165) is 17.5 Å². The van der Waals surface area contributed by atoms with Crippen molar-refractivity contribution in [3.05, 3.63) is 23.5 Å². The van der Waals surface area contributed by atoms with E-state index in [-0.39, 0.29) is 5.75 Å². The predicted octanol–water partition coefficient (Wildman–Crippen LogP) is 1.44. The predicted molar refractivity (Wildman–Crippen MR) is 52.0 cm³/mol. The van der Waals surface area contributed by atoms with Gasteiger partial charge in [-0.3, -0.25) is 9.78 Å². The number of hydrogen-bond donors (Lipinski definition) is 1. The average Bonchev–Trinajstić information content (AvgIpc) is 2.15. The van der Waals surface area contributed by atoms with E-state index in [0.29, 0.717) is 10.5 Å². The smallest absolute Gasteiger partial charge is 0.313 e. The SMILES string of the molecule is Cc1cc(SCC(=O)O)c(C#N)cn1. The summed E-state index contributed by atoms with van der Waals surface area (Å²) >= 11 is 1.13. The van der Waals surface area contributed by atoms with Crippen LogP contribution < -0.4 is 0 Å². The second-order valence-electron chi connectivity index (χ2n) is 2.62. The monoisotopic (exact) mass is 208 g/mol. The molecule has 1 aromatic heterocycles. The van der Waals surface area contributed by atoms with Crippen molar-refractivity contribution in [3.8, 4) is 6.07 Å². The van der Waals surface area contributed by atoms with Crippen molar-refractivity contribution in [2.75, 3.05) is 5.75 Å². The maximum absolute atomic E-state index is 10.3. The van der Waals surface area contributed by atoms with E-state index in [2.05, 4.69) is 4.98 Å². The zero-order valence-corrected chi connectivity index (χ0v) is 8.34. The number of nitriles is 1. The minimum atomic E-state index is -0.895. The highest BCUT2D eigenvalue weighted by molar-refractivity contribution is 8.00. The second-order valence-corrected chi connectivity index (χ2v) is 3.63. The van der Waals surface area contributed by atoms with Crippen LogP contribution >= 0.6 is 11.8 Å². The lowest BCUT2D eigenvalue weighted by atomic mass is 10.3. The largest absolute Gasteiger partial charge is 0.481 e. The van der Waals surface area contributed by atoms with Crippen LogP contribution in [0.4, 0.5) is 0 Å². The fourth-order valence-corrected chi connectivity index (χ4v) is 1.66. The van der Waals surface area contributed by atoms with Crippen LogP contribution in [-0.4, -0.2) is 21.8 Å². The van der Waals surface area contributed by atoms with Gasteiger partial charge in [-0.25, -0.2) is 0 Å².